The van der Waals surface area contributed by atoms with Gasteiger partial charge in [-0.2, -0.15) is 0 Å². The van der Waals surface area contributed by atoms with Gasteiger partial charge in [-0.25, -0.2) is 9.78 Å². The van der Waals surface area contributed by atoms with Crippen molar-refractivity contribution in [1.29, 1.82) is 0 Å². The molecule has 2 N–H and O–H groups in total. The first kappa shape index (κ1) is 22.0. The van der Waals surface area contributed by atoms with E-state index in [-0.39, 0.29) is 23.6 Å². The molecular formula is C24H31N5O3. The quantitative estimate of drug-likeness (QED) is 0.556. The average molecular weight is 438 g/mol. The Morgan fingerprint density at radius 3 is 2.44 bits per heavy atom. The molecule has 8 nitrogen and oxygen atoms in total. The van der Waals surface area contributed by atoms with Crippen LogP contribution in [0.3, 0.4) is 0 Å². The van der Waals surface area contributed by atoms with Crippen LogP contribution in [-0.2, 0) is 24.4 Å². The number of amides is 1. The van der Waals surface area contributed by atoms with Crippen LogP contribution >= 0.6 is 0 Å². The molecule has 2 heterocycles. The molecule has 0 radical (unpaired) electrons. The van der Waals surface area contributed by atoms with E-state index in [2.05, 4.69) is 0 Å². The molecule has 1 aliphatic carbocycles. The van der Waals surface area contributed by atoms with E-state index in [0.29, 0.717) is 43.6 Å². The molecule has 32 heavy (non-hydrogen) atoms. The van der Waals surface area contributed by atoms with E-state index in [9.17, 15) is 14.4 Å². The van der Waals surface area contributed by atoms with Gasteiger partial charge in [0.2, 0.25) is 5.91 Å². The van der Waals surface area contributed by atoms with E-state index in [4.69, 9.17) is 10.7 Å². The van der Waals surface area contributed by atoms with E-state index >= 15 is 0 Å². The number of imidazole rings is 1. The van der Waals surface area contributed by atoms with E-state index in [0.717, 1.165) is 37.1 Å². The van der Waals surface area contributed by atoms with E-state index in [1.54, 1.807) is 4.57 Å². The molecule has 0 bridgehead atoms. The Balaban J connectivity index is 1.94. The number of hydrogen-bond donors (Lipinski definition) is 1. The van der Waals surface area contributed by atoms with Crippen molar-refractivity contribution < 1.29 is 4.79 Å². The van der Waals surface area contributed by atoms with Crippen LogP contribution in [0.15, 0.2) is 39.9 Å². The molecule has 0 atom stereocenters. The molecule has 1 fully saturated rings. The fraction of sp³-hybridized carbons (Fsp3) is 0.500. The normalized spacial score (nSPS) is 14.4. The summed E-state index contributed by atoms with van der Waals surface area (Å²) in [6, 6.07) is 10.0. The second-order valence-electron chi connectivity index (χ2n) is 8.66. The summed E-state index contributed by atoms with van der Waals surface area (Å²) in [7, 11) is 0. The lowest BCUT2D eigenvalue weighted by molar-refractivity contribution is -0.118. The van der Waals surface area contributed by atoms with Crippen molar-refractivity contribution in [2.45, 2.75) is 77.4 Å². The standard InChI is InChI=1S/C24H31N5O3/c1-2-14-28-23(31)20-22(27(24(28)32)15-8-13-19(25)30)26-21(18-11-6-7-12-18)29(20)16-17-9-4-3-5-10-17/h3-5,9-10,18H,2,6-8,11-16H2,1H3,(H2,25,30). The van der Waals surface area contributed by atoms with Gasteiger partial charge in [-0.1, -0.05) is 50.1 Å². The molecule has 8 heteroatoms. The summed E-state index contributed by atoms with van der Waals surface area (Å²) in [5.41, 5.74) is 6.64. The van der Waals surface area contributed by atoms with Gasteiger partial charge < -0.3 is 10.3 Å². The third kappa shape index (κ3) is 4.26. The molecule has 1 aromatic carbocycles. The highest BCUT2D eigenvalue weighted by molar-refractivity contribution is 5.74. The van der Waals surface area contributed by atoms with Crippen LogP contribution in [0, 0.1) is 0 Å². The number of hydrogen-bond acceptors (Lipinski definition) is 4. The second kappa shape index (κ2) is 9.54. The minimum atomic E-state index is -0.405. The lowest BCUT2D eigenvalue weighted by Crippen LogP contribution is -2.40. The number of aryl methyl sites for hydroxylation is 1. The number of fused-ring (bicyclic) bond motifs is 1. The summed E-state index contributed by atoms with van der Waals surface area (Å²) < 4.78 is 4.91. The fourth-order valence-electron chi connectivity index (χ4n) is 4.76. The molecule has 2 aromatic heterocycles. The zero-order chi connectivity index (χ0) is 22.7. The Labute approximate surface area is 186 Å². The van der Waals surface area contributed by atoms with Gasteiger partial charge in [-0.15, -0.1) is 0 Å². The summed E-state index contributed by atoms with van der Waals surface area (Å²) in [6.07, 6.45) is 5.64. The number of nitrogens with two attached hydrogens (primary N) is 1. The second-order valence-corrected chi connectivity index (χ2v) is 8.66. The van der Waals surface area contributed by atoms with Crippen molar-refractivity contribution >= 4 is 17.1 Å². The molecule has 0 saturated heterocycles. The zero-order valence-electron chi connectivity index (χ0n) is 18.6. The van der Waals surface area contributed by atoms with Crippen LogP contribution in [0.2, 0.25) is 0 Å². The predicted octanol–water partition coefficient (Wildman–Crippen LogP) is 2.74. The monoisotopic (exact) mass is 437 g/mol. The number of carbonyl (C=O) groups is 1. The number of rotatable bonds is 9. The van der Waals surface area contributed by atoms with Gasteiger partial charge in [0.1, 0.15) is 5.82 Å². The van der Waals surface area contributed by atoms with Gasteiger partial charge in [-0.3, -0.25) is 18.7 Å². The lowest BCUT2D eigenvalue weighted by atomic mass is 10.1. The molecular weight excluding hydrogens is 406 g/mol. The summed E-state index contributed by atoms with van der Waals surface area (Å²) in [5.74, 6) is 0.757. The molecule has 0 aliphatic heterocycles. The van der Waals surface area contributed by atoms with Crippen molar-refractivity contribution in [3.8, 4) is 0 Å². The number of primary amides is 1. The highest BCUT2D eigenvalue weighted by atomic mass is 16.2. The third-order valence-electron chi connectivity index (χ3n) is 6.30. The molecule has 170 valence electrons. The minimum absolute atomic E-state index is 0.182. The van der Waals surface area contributed by atoms with E-state index < -0.39 is 5.91 Å². The smallest absolute Gasteiger partial charge is 0.332 e. The molecule has 3 aromatic rings. The van der Waals surface area contributed by atoms with Gasteiger partial charge in [0, 0.05) is 32.0 Å². The van der Waals surface area contributed by atoms with Crippen molar-refractivity contribution in [3.05, 3.63) is 62.6 Å². The Bertz CT molecular complexity index is 1220. The maximum absolute atomic E-state index is 13.5. The third-order valence-corrected chi connectivity index (χ3v) is 6.30. The molecule has 1 saturated carbocycles. The van der Waals surface area contributed by atoms with Crippen LogP contribution in [0.1, 0.15) is 69.2 Å². The topological polar surface area (TPSA) is 105 Å². The van der Waals surface area contributed by atoms with Crippen molar-refractivity contribution in [2.75, 3.05) is 0 Å². The Kier molecular flexibility index (Phi) is 6.58. The van der Waals surface area contributed by atoms with Gasteiger partial charge >= 0.3 is 5.69 Å². The number of nitrogens with zero attached hydrogens (tertiary/aromatic N) is 4. The summed E-state index contributed by atoms with van der Waals surface area (Å²) in [5, 5.41) is 0. The first-order valence-corrected chi connectivity index (χ1v) is 11.6. The average Bonchev–Trinajstić information content (AvgIpc) is 3.42. The maximum atomic E-state index is 13.5. The largest absolute Gasteiger partial charge is 0.370 e. The molecule has 0 spiro atoms. The number of carbonyl (C=O) groups excluding carboxylic acids is 1. The number of benzene rings is 1. The van der Waals surface area contributed by atoms with Crippen LogP contribution in [0.5, 0.6) is 0 Å². The zero-order valence-corrected chi connectivity index (χ0v) is 18.6. The van der Waals surface area contributed by atoms with Gasteiger partial charge in [-0.05, 0) is 31.2 Å². The van der Waals surface area contributed by atoms with Gasteiger partial charge in [0.25, 0.3) is 5.56 Å². The molecule has 4 rings (SSSR count). The fourth-order valence-corrected chi connectivity index (χ4v) is 4.76. The number of aromatic nitrogens is 4. The molecule has 1 amide bonds. The molecule has 1 aliphatic rings. The summed E-state index contributed by atoms with van der Waals surface area (Å²) >= 11 is 0. The Morgan fingerprint density at radius 2 is 1.78 bits per heavy atom. The summed E-state index contributed by atoms with van der Waals surface area (Å²) in [4.78, 5) is 42.9. The predicted molar refractivity (Wildman–Crippen MR) is 124 cm³/mol. The summed E-state index contributed by atoms with van der Waals surface area (Å²) in [6.45, 7) is 3.12. The minimum Gasteiger partial charge on any atom is -0.370 e. The highest BCUT2D eigenvalue weighted by Gasteiger charge is 2.27. The SMILES string of the molecule is CCCn1c(=O)c2c(nc(C3CCCC3)n2Cc2ccccc2)n(CCCC(N)=O)c1=O. The highest BCUT2D eigenvalue weighted by Crippen LogP contribution is 2.35. The lowest BCUT2D eigenvalue weighted by Gasteiger charge is -2.14. The Hall–Kier alpha value is -3.16. The van der Waals surface area contributed by atoms with Gasteiger partial charge in [0.15, 0.2) is 11.2 Å². The van der Waals surface area contributed by atoms with E-state index in [1.807, 2.05) is 41.8 Å². The van der Waals surface area contributed by atoms with E-state index in [1.165, 1.54) is 4.57 Å². The van der Waals surface area contributed by atoms with Crippen molar-refractivity contribution in [3.63, 3.8) is 0 Å². The molecule has 0 unspecified atom stereocenters. The van der Waals surface area contributed by atoms with Crippen molar-refractivity contribution in [1.82, 2.24) is 18.7 Å². The van der Waals surface area contributed by atoms with Crippen LogP contribution in [-0.4, -0.2) is 24.6 Å². The maximum Gasteiger partial charge on any atom is 0.332 e. The first-order chi connectivity index (χ1) is 15.5. The van der Waals surface area contributed by atoms with Crippen LogP contribution in [0.25, 0.3) is 11.2 Å². The van der Waals surface area contributed by atoms with Crippen LogP contribution in [0.4, 0.5) is 0 Å². The first-order valence-electron chi connectivity index (χ1n) is 11.6. The Morgan fingerprint density at radius 1 is 1.06 bits per heavy atom. The van der Waals surface area contributed by atoms with Gasteiger partial charge in [0.05, 0.1) is 0 Å². The van der Waals surface area contributed by atoms with Crippen LogP contribution < -0.4 is 17.0 Å². The van der Waals surface area contributed by atoms with Crippen molar-refractivity contribution in [2.24, 2.45) is 5.73 Å².